The summed E-state index contributed by atoms with van der Waals surface area (Å²) in [6.07, 6.45) is 9.70. The number of aromatic amines is 1. The molecule has 22 nitrogen and oxygen atoms in total. The maximum absolute atomic E-state index is 13.3. The van der Waals surface area contributed by atoms with Gasteiger partial charge >= 0.3 is 62.8 Å². The summed E-state index contributed by atoms with van der Waals surface area (Å²) in [5.41, 5.74) is 15.3. The predicted octanol–water partition coefficient (Wildman–Crippen LogP) is 11.7. The molecule has 8 atom stereocenters. The Bertz CT molecular complexity index is 4250. The fourth-order valence-corrected chi connectivity index (χ4v) is 21.1. The summed E-state index contributed by atoms with van der Waals surface area (Å²) in [7, 11) is -0.892. The van der Waals surface area contributed by atoms with E-state index in [4.69, 9.17) is 27.0 Å². The van der Waals surface area contributed by atoms with E-state index in [2.05, 4.69) is 220 Å². The van der Waals surface area contributed by atoms with Crippen LogP contribution in [0, 0.1) is 30.4 Å². The van der Waals surface area contributed by atoms with Gasteiger partial charge in [-0.1, -0.05) is 249 Å². The first-order valence-electron chi connectivity index (χ1n) is 35.2. The van der Waals surface area contributed by atoms with Gasteiger partial charge in [-0.05, 0) is 106 Å². The molecule has 8 aromatic carbocycles. The Balaban J connectivity index is 0.000000228. The second-order valence-corrected chi connectivity index (χ2v) is 34.4. The van der Waals surface area contributed by atoms with Crippen molar-refractivity contribution < 1.29 is 104 Å². The minimum Gasteiger partial charge on any atom is -0.480 e. The number of carbonyl (C=O) groups excluding carboxylic acids is 6. The number of alkyl carbamates (subject to hydrolysis) is 1. The number of carbonyl (C=O) groups is 8. The molecule has 0 saturated carbocycles. The molecule has 28 heteroatoms. The van der Waals surface area contributed by atoms with Crippen LogP contribution in [0.3, 0.4) is 0 Å². The van der Waals surface area contributed by atoms with Gasteiger partial charge in [0.05, 0.1) is 22.6 Å². The number of carboxylic acid groups (broad SMARTS) is 2. The van der Waals surface area contributed by atoms with Gasteiger partial charge in [0.2, 0.25) is 17.7 Å². The molecule has 4 amide bonds. The van der Waals surface area contributed by atoms with Crippen LogP contribution in [-0.2, 0) is 94.2 Å². The number of terminal acetylenes is 1. The number of rotatable bonds is 22. The van der Waals surface area contributed by atoms with Crippen LogP contribution in [0.2, 0.25) is 0 Å². The fourth-order valence-electron chi connectivity index (χ4n) is 13.1. The Morgan fingerprint density at radius 2 is 0.901 bits per heavy atom. The Morgan fingerprint density at radius 3 is 1.18 bits per heavy atom. The maximum Gasteiger partial charge on any atom is 1.00 e. The molecule has 0 radical (unpaired) electrons. The molecule has 111 heavy (non-hydrogen) atoms. The molecule has 0 aliphatic carbocycles. The minimum absolute atomic E-state index is 0. The molecule has 584 valence electrons. The van der Waals surface area contributed by atoms with Gasteiger partial charge in [0.25, 0.3) is 0 Å². The van der Waals surface area contributed by atoms with E-state index >= 15 is 0 Å². The van der Waals surface area contributed by atoms with Crippen molar-refractivity contribution in [3.05, 3.63) is 282 Å². The van der Waals surface area contributed by atoms with Gasteiger partial charge in [-0.15, -0.1) is 40.9 Å². The third-order valence-corrected chi connectivity index (χ3v) is 26.3. The first-order chi connectivity index (χ1) is 52.7. The van der Waals surface area contributed by atoms with E-state index in [-0.39, 0.29) is 112 Å². The number of nitrogens with zero attached hydrogens (tertiary/aromatic N) is 7. The Kier molecular flexibility index (Phi) is 35.3. The first kappa shape index (κ1) is 88.9. The largest absolute Gasteiger partial charge is 1.00 e. The number of ether oxygens (including phenoxy) is 2. The molecule has 1 aromatic heterocycles. The summed E-state index contributed by atoms with van der Waals surface area (Å²) in [4.78, 5) is 104. The van der Waals surface area contributed by atoms with E-state index in [9.17, 15) is 48.6 Å². The number of amides is 4. The minimum atomic E-state index is -1.06. The molecule has 5 saturated heterocycles. The van der Waals surface area contributed by atoms with Gasteiger partial charge in [-0.25, -0.2) is 14.4 Å². The SMILES string of the molecule is C#CCOC(=O)N[C@@H](C(=O)C[C@@H]1C(=O)N2[C@@H]1SC(C)(C)[C@@H]2C(=O)O)c1ccccc1.C1CCOC1.CC1(C)S[C@@H]2[C@H](CC(=O)[C@H](NC(=O)CCc3[c-]nn[nH]3)c3ccccc3)C(=O)N2[C@H]1C(=O)O.[2HH].[Au+].[Au+].[N-]=[N+]=[N-].c1ccc(P(c2ccccc2)c2ccccc2)cc1.c1ccc(P(c2ccccc2)c2ccccc2)cc1. The third-order valence-electron chi connectivity index (χ3n) is 18.1. The molecule has 5 aliphatic heterocycles. The number of Topliss-reactive ketones (excluding diaryl/α,β-unsaturated/α-hetero) is 2. The zero-order chi connectivity index (χ0) is 77.9. The maximum atomic E-state index is 13.3. The quantitative estimate of drug-likeness (QED) is 0.00615. The molecule has 14 rings (SSSR count). The van der Waals surface area contributed by atoms with Crippen LogP contribution >= 0.6 is 39.4 Å². The topological polar surface area (TPSA) is 326 Å². The van der Waals surface area contributed by atoms with E-state index < -0.39 is 79.4 Å². The van der Waals surface area contributed by atoms with E-state index in [1.807, 2.05) is 6.07 Å². The molecule has 5 aliphatic rings. The van der Waals surface area contributed by atoms with Gasteiger partial charge in [0.15, 0.2) is 18.2 Å². The number of benzene rings is 8. The predicted molar refractivity (Wildman–Crippen MR) is 430 cm³/mol. The van der Waals surface area contributed by atoms with Gasteiger partial charge in [0.1, 0.15) is 24.2 Å². The average Bonchev–Trinajstić information content (AvgIpc) is 1.56. The van der Waals surface area contributed by atoms with Crippen molar-refractivity contribution in [1.29, 1.82) is 0 Å². The zero-order valence-electron chi connectivity index (χ0n) is 61.1. The van der Waals surface area contributed by atoms with Crippen molar-refractivity contribution in [3.63, 3.8) is 0 Å². The Morgan fingerprint density at radius 1 is 0.586 bits per heavy atom. The monoisotopic (exact) mass is 1940 g/mol. The van der Waals surface area contributed by atoms with Crippen LogP contribution in [-0.4, -0.2) is 135 Å². The number of aromatic nitrogens is 3. The number of aliphatic carboxylic acids is 2. The second-order valence-electron chi connectivity index (χ2n) is 26.4. The van der Waals surface area contributed by atoms with Gasteiger partial charge in [0, 0.05) is 43.4 Å². The molecular weight excluding hydrogens is 1850 g/mol. The van der Waals surface area contributed by atoms with Gasteiger partial charge in [-0.2, -0.15) is 0 Å². The number of thioether (sulfide) groups is 2. The molecule has 5 N–H and O–H groups in total. The van der Waals surface area contributed by atoms with Crippen LogP contribution in [0.4, 0.5) is 4.79 Å². The summed E-state index contributed by atoms with van der Waals surface area (Å²) in [6, 6.07) is 78.3. The number of β-lactam (4-membered cyclic amide) rings is 2. The number of aryl methyl sites for hydroxylation is 1. The molecular formula is C83H86Au2N10O12P2S2. The zero-order valence-corrected chi connectivity index (χ0v) is 68.8. The summed E-state index contributed by atoms with van der Waals surface area (Å²) in [6.45, 7) is 8.90. The van der Waals surface area contributed by atoms with Crippen LogP contribution in [0.1, 0.15) is 90.1 Å². The van der Waals surface area contributed by atoms with Crippen LogP contribution in [0.5, 0.6) is 0 Å². The van der Waals surface area contributed by atoms with Crippen LogP contribution in [0.15, 0.2) is 243 Å². The number of nitrogens with one attached hydrogen (secondary N) is 3. The van der Waals surface area contributed by atoms with Crippen molar-refractivity contribution in [2.75, 3.05) is 19.8 Å². The molecule has 6 heterocycles. The molecule has 9 aromatic rings. The van der Waals surface area contributed by atoms with Crippen molar-refractivity contribution in [3.8, 4) is 12.3 Å². The average molecular weight is 1940 g/mol. The van der Waals surface area contributed by atoms with Crippen LogP contribution in [0.25, 0.3) is 16.0 Å². The smallest absolute Gasteiger partial charge is 0.480 e. The normalized spacial score (nSPS) is 18.6. The number of ketones is 2. The molecule has 0 unspecified atom stereocenters. The van der Waals surface area contributed by atoms with Crippen LogP contribution < -0.4 is 42.5 Å². The summed E-state index contributed by atoms with van der Waals surface area (Å²) in [5, 5.41) is 41.8. The van der Waals surface area contributed by atoms with Crippen molar-refractivity contribution in [1.82, 2.24) is 35.8 Å². The number of H-pyrrole nitrogens is 1. The number of hydrogen-bond acceptors (Lipinski definition) is 14. The third kappa shape index (κ3) is 24.1. The number of carboxylic acids is 2. The van der Waals surface area contributed by atoms with Gasteiger partial charge in [-0.3, -0.25) is 28.9 Å². The number of fused-ring (bicyclic) bond motifs is 2. The van der Waals surface area contributed by atoms with Gasteiger partial charge < -0.3 is 67.6 Å². The fraction of sp³-hybridized carbons (Fsp3) is 0.277. The van der Waals surface area contributed by atoms with E-state index in [1.165, 1.54) is 82.9 Å². The molecule has 5 fully saturated rings. The van der Waals surface area contributed by atoms with E-state index in [0.29, 0.717) is 23.2 Å². The Labute approximate surface area is 689 Å². The van der Waals surface area contributed by atoms with Crippen molar-refractivity contribution in [2.45, 2.75) is 111 Å². The van der Waals surface area contributed by atoms with E-state index in [0.717, 1.165) is 13.2 Å². The van der Waals surface area contributed by atoms with Crippen molar-refractivity contribution >= 4 is 119 Å². The summed E-state index contributed by atoms with van der Waals surface area (Å²) < 4.78 is 8.43. The van der Waals surface area contributed by atoms with E-state index in [1.54, 1.807) is 82.3 Å². The molecule has 0 spiro atoms. The number of hydrogen-bond donors (Lipinski definition) is 5. The summed E-state index contributed by atoms with van der Waals surface area (Å²) in [5.74, 6) is -2.87. The second kappa shape index (κ2) is 44.1. The van der Waals surface area contributed by atoms with Crippen molar-refractivity contribution in [2.24, 2.45) is 11.8 Å². The standard InChI is InChI=1S/C22H24N5O5S.C21H22N2O6S.2C18H15P.C4H8O.2Au.N3.H2/c1-22(2)18(21(31)32)27-19(30)14(20(27)33-22)10-15(28)17(12-6-4-3-5-7-12)24-16(29)9-8-13-11-23-26-25-13;1-4-10-29-20(28)22-15(12-8-6-5-7-9-12)14(24)11-13-17(25)23-16(19(26)27)21(2,3)30-18(13)23;2*1-4-10-16(11-5-1)19(17-12-6-2-7-13-17)18-14-8-3-9-15-18;1-2-4-5-3-1;;;1-3-2;/h3-7,14,17-18,20H,8-10H2,1-2H3,(H,24,29)(H,31,32)(H,23,25,26);1,5-9,13,15-16,18H,10-11H2,2-3H3,(H,22,28)(H,26,27);2*1-15H;1-4H2;;;;1H/q-1;;;;;2*+1;-1;/t14-,17-,18+,20-;13-,15-,16+,18-;;;;;;;/m11......./s1/i;;;;;;;;1+1. The first-order valence-corrected chi connectivity index (χ1v) is 39.6. The molecule has 0 bridgehead atoms. The Hall–Kier alpha value is -9.27. The summed E-state index contributed by atoms with van der Waals surface area (Å²) >= 11 is 2.78.